The molecule has 4 nitrogen and oxygen atoms in total. The highest BCUT2D eigenvalue weighted by Gasteiger charge is 2.16. The summed E-state index contributed by atoms with van der Waals surface area (Å²) in [5, 5.41) is 3.86. The number of halogens is 1. The van der Waals surface area contributed by atoms with Crippen molar-refractivity contribution in [3.63, 3.8) is 0 Å². The Bertz CT molecular complexity index is 882. The molecule has 0 saturated heterocycles. The summed E-state index contributed by atoms with van der Waals surface area (Å²) in [6.07, 6.45) is 0.772. The van der Waals surface area contributed by atoms with Crippen LogP contribution < -0.4 is 15.8 Å². The summed E-state index contributed by atoms with van der Waals surface area (Å²) in [7, 11) is 0. The third kappa shape index (κ3) is 5.58. The van der Waals surface area contributed by atoms with Crippen molar-refractivity contribution in [2.75, 3.05) is 6.54 Å². The molecule has 3 N–H and O–H groups in total. The Hall–Kier alpha value is -2.82. The Labute approximate surface area is 163 Å². The van der Waals surface area contributed by atoms with Gasteiger partial charge in [-0.25, -0.2) is 0 Å². The van der Waals surface area contributed by atoms with Crippen LogP contribution >= 0.6 is 11.6 Å². The molecular weight excluding hydrogens is 360 g/mol. The van der Waals surface area contributed by atoms with Crippen LogP contribution in [0.2, 0.25) is 5.02 Å². The van der Waals surface area contributed by atoms with Gasteiger partial charge in [0.1, 0.15) is 17.5 Å². The van der Waals surface area contributed by atoms with Crippen molar-refractivity contribution in [2.24, 2.45) is 5.73 Å². The first-order valence-corrected chi connectivity index (χ1v) is 9.09. The van der Waals surface area contributed by atoms with E-state index in [2.05, 4.69) is 5.32 Å². The van der Waals surface area contributed by atoms with Gasteiger partial charge in [-0.05, 0) is 47.9 Å². The van der Waals surface area contributed by atoms with Crippen LogP contribution in [0.5, 0.6) is 11.5 Å². The lowest BCUT2D eigenvalue weighted by Crippen LogP contribution is -2.34. The predicted octanol–water partition coefficient (Wildman–Crippen LogP) is 4.49. The molecule has 1 unspecified atom stereocenters. The maximum atomic E-state index is 11.7. The molecule has 0 spiro atoms. The second kappa shape index (κ2) is 9.21. The van der Waals surface area contributed by atoms with Crippen molar-refractivity contribution in [3.8, 4) is 11.5 Å². The highest BCUT2D eigenvalue weighted by Crippen LogP contribution is 2.24. The molecule has 3 aromatic rings. The van der Waals surface area contributed by atoms with Crippen molar-refractivity contribution < 1.29 is 9.53 Å². The van der Waals surface area contributed by atoms with Gasteiger partial charge in [0.2, 0.25) is 5.91 Å². The maximum Gasteiger partial charge on any atom is 0.239 e. The van der Waals surface area contributed by atoms with E-state index in [1.807, 2.05) is 66.7 Å². The second-order valence-electron chi connectivity index (χ2n) is 6.15. The number of nitrogens with two attached hydrogens (primary N) is 1. The Morgan fingerprint density at radius 3 is 2.37 bits per heavy atom. The summed E-state index contributed by atoms with van der Waals surface area (Å²) in [5.74, 6) is 1.06. The van der Waals surface area contributed by atoms with Gasteiger partial charge in [-0.3, -0.25) is 4.79 Å². The topological polar surface area (TPSA) is 64.4 Å². The van der Waals surface area contributed by atoms with Gasteiger partial charge in [-0.2, -0.15) is 0 Å². The van der Waals surface area contributed by atoms with Crippen molar-refractivity contribution in [1.82, 2.24) is 5.32 Å². The minimum atomic E-state index is -0.489. The summed E-state index contributed by atoms with van der Waals surface area (Å²) in [5.41, 5.74) is 7.53. The van der Waals surface area contributed by atoms with E-state index in [0.29, 0.717) is 17.3 Å². The molecule has 5 heteroatoms. The zero-order valence-corrected chi connectivity index (χ0v) is 15.5. The van der Waals surface area contributed by atoms with Crippen LogP contribution in [0.25, 0.3) is 0 Å². The molecule has 0 heterocycles. The van der Waals surface area contributed by atoms with Gasteiger partial charge in [0, 0.05) is 11.6 Å². The molecule has 3 rings (SSSR count). The lowest BCUT2D eigenvalue weighted by molar-refractivity contribution is -0.120. The molecule has 138 valence electrons. The van der Waals surface area contributed by atoms with E-state index < -0.39 is 6.04 Å². The molecule has 0 saturated carbocycles. The summed E-state index contributed by atoms with van der Waals surface area (Å²) in [4.78, 5) is 11.7. The van der Waals surface area contributed by atoms with Crippen molar-refractivity contribution >= 4 is 17.5 Å². The fraction of sp³-hybridized carbons (Fsp3) is 0.136. The minimum Gasteiger partial charge on any atom is -0.457 e. The molecule has 0 radical (unpaired) electrons. The summed E-state index contributed by atoms with van der Waals surface area (Å²) in [6.45, 7) is 0.636. The maximum absolute atomic E-state index is 11.7. The number of nitrogens with one attached hydrogen (secondary N) is 1. The lowest BCUT2D eigenvalue weighted by Gasteiger charge is -2.16. The molecule has 3 aromatic carbocycles. The van der Waals surface area contributed by atoms with E-state index in [1.165, 1.54) is 0 Å². The third-order valence-corrected chi connectivity index (χ3v) is 4.37. The van der Waals surface area contributed by atoms with Crippen LogP contribution in [0.15, 0.2) is 78.9 Å². The quantitative estimate of drug-likeness (QED) is 0.605. The average Bonchev–Trinajstić information content (AvgIpc) is 2.67. The van der Waals surface area contributed by atoms with Crippen LogP contribution in [0.4, 0.5) is 0 Å². The van der Waals surface area contributed by atoms with E-state index >= 15 is 0 Å². The highest BCUT2D eigenvalue weighted by atomic mass is 35.5. The van der Waals surface area contributed by atoms with Crippen molar-refractivity contribution in [3.05, 3.63) is 95.0 Å². The third-order valence-electron chi connectivity index (χ3n) is 4.13. The Morgan fingerprint density at radius 1 is 0.963 bits per heavy atom. The molecule has 1 amide bonds. The molecule has 0 bridgehead atoms. The number of rotatable bonds is 8. The van der Waals surface area contributed by atoms with E-state index in [0.717, 1.165) is 23.3 Å². The predicted molar refractivity (Wildman–Crippen MR) is 108 cm³/mol. The number of carbonyl (C=O) groups is 1. The number of primary amides is 1. The number of hydrogen-bond acceptors (Lipinski definition) is 3. The van der Waals surface area contributed by atoms with Crippen LogP contribution in [0.3, 0.4) is 0 Å². The molecular formula is C22H21ClN2O2. The van der Waals surface area contributed by atoms with Gasteiger partial charge < -0.3 is 15.8 Å². The zero-order valence-electron chi connectivity index (χ0n) is 14.8. The Balaban J connectivity index is 1.54. The van der Waals surface area contributed by atoms with Gasteiger partial charge in [0.05, 0.1) is 0 Å². The van der Waals surface area contributed by atoms with E-state index in [-0.39, 0.29) is 5.91 Å². The standard InChI is InChI=1S/C22H21ClN2O2/c23-18-7-4-8-20(15-18)27-19-11-9-16(10-12-19)13-14-25-21(22(24)26)17-5-2-1-3-6-17/h1-12,15,21,25H,13-14H2,(H2,24,26). The largest absolute Gasteiger partial charge is 0.457 e. The first-order chi connectivity index (χ1) is 13.1. The fourth-order valence-corrected chi connectivity index (χ4v) is 2.96. The second-order valence-corrected chi connectivity index (χ2v) is 6.59. The van der Waals surface area contributed by atoms with Gasteiger partial charge in [-0.1, -0.05) is 60.1 Å². The molecule has 0 fully saturated rings. The van der Waals surface area contributed by atoms with E-state index in [1.54, 1.807) is 12.1 Å². The van der Waals surface area contributed by atoms with Crippen molar-refractivity contribution in [1.29, 1.82) is 0 Å². The van der Waals surface area contributed by atoms with E-state index in [9.17, 15) is 4.79 Å². The van der Waals surface area contributed by atoms with Crippen LogP contribution in [-0.2, 0) is 11.2 Å². The molecule has 1 atom stereocenters. The number of amides is 1. The molecule has 0 aliphatic rings. The highest BCUT2D eigenvalue weighted by molar-refractivity contribution is 6.30. The van der Waals surface area contributed by atoms with Gasteiger partial charge in [0.25, 0.3) is 0 Å². The summed E-state index contributed by atoms with van der Waals surface area (Å²) < 4.78 is 5.78. The van der Waals surface area contributed by atoms with Crippen LogP contribution in [0, 0.1) is 0 Å². The monoisotopic (exact) mass is 380 g/mol. The molecule has 0 aliphatic carbocycles. The average molecular weight is 381 g/mol. The lowest BCUT2D eigenvalue weighted by atomic mass is 10.1. The summed E-state index contributed by atoms with van der Waals surface area (Å²) in [6, 6.07) is 24.1. The minimum absolute atomic E-state index is 0.383. The van der Waals surface area contributed by atoms with Gasteiger partial charge in [0.15, 0.2) is 0 Å². The van der Waals surface area contributed by atoms with Gasteiger partial charge in [-0.15, -0.1) is 0 Å². The van der Waals surface area contributed by atoms with Crippen LogP contribution in [-0.4, -0.2) is 12.5 Å². The van der Waals surface area contributed by atoms with Crippen molar-refractivity contribution in [2.45, 2.75) is 12.5 Å². The number of carbonyl (C=O) groups excluding carboxylic acids is 1. The summed E-state index contributed by atoms with van der Waals surface area (Å²) >= 11 is 5.97. The molecule has 0 aliphatic heterocycles. The zero-order chi connectivity index (χ0) is 19.1. The fourth-order valence-electron chi connectivity index (χ4n) is 2.78. The molecule has 0 aromatic heterocycles. The van der Waals surface area contributed by atoms with E-state index in [4.69, 9.17) is 22.1 Å². The van der Waals surface area contributed by atoms with Crippen LogP contribution in [0.1, 0.15) is 17.2 Å². The Kier molecular flexibility index (Phi) is 6.47. The first-order valence-electron chi connectivity index (χ1n) is 8.72. The Morgan fingerprint density at radius 2 is 1.70 bits per heavy atom. The molecule has 27 heavy (non-hydrogen) atoms. The number of benzene rings is 3. The smallest absolute Gasteiger partial charge is 0.239 e. The normalized spacial score (nSPS) is 11.7. The number of ether oxygens (including phenoxy) is 1. The number of hydrogen-bond donors (Lipinski definition) is 2. The van der Waals surface area contributed by atoms with Gasteiger partial charge >= 0.3 is 0 Å². The first kappa shape index (κ1) is 19.0. The SMILES string of the molecule is NC(=O)C(NCCc1ccc(Oc2cccc(Cl)c2)cc1)c1ccccc1.